The molecule has 0 saturated carbocycles. The maximum atomic E-state index is 11.6. The summed E-state index contributed by atoms with van der Waals surface area (Å²) in [7, 11) is 1.70. The Morgan fingerprint density at radius 3 is 2.93 bits per heavy atom. The van der Waals surface area contributed by atoms with Gasteiger partial charge in [0.1, 0.15) is 0 Å². The van der Waals surface area contributed by atoms with Crippen molar-refractivity contribution in [1.82, 2.24) is 10.2 Å². The topological polar surface area (TPSA) is 41.6 Å². The van der Waals surface area contributed by atoms with Crippen LogP contribution in [0.2, 0.25) is 0 Å². The van der Waals surface area contributed by atoms with Gasteiger partial charge in [0, 0.05) is 20.3 Å². The largest absolute Gasteiger partial charge is 0.385 e. The minimum absolute atomic E-state index is 0.0532. The third-order valence-electron chi connectivity index (χ3n) is 2.57. The van der Waals surface area contributed by atoms with Gasteiger partial charge in [0.2, 0.25) is 5.91 Å². The molecule has 1 aliphatic rings. The quantitative estimate of drug-likeness (QED) is 0.638. The van der Waals surface area contributed by atoms with E-state index in [2.05, 4.69) is 5.32 Å². The molecule has 1 heterocycles. The molecule has 0 radical (unpaired) electrons. The standard InChI is InChI=1S/C10H20N2O2/c1-3-9-10(13)12(8-11-9)6-4-5-7-14-2/h9,11H,3-8H2,1-2H3. The summed E-state index contributed by atoms with van der Waals surface area (Å²) in [5, 5.41) is 3.19. The molecule has 82 valence electrons. The average molecular weight is 200 g/mol. The Hall–Kier alpha value is -0.610. The second-order valence-corrected chi connectivity index (χ2v) is 3.62. The molecule has 0 aromatic heterocycles. The van der Waals surface area contributed by atoms with Gasteiger partial charge in [0.15, 0.2) is 0 Å². The molecular formula is C10H20N2O2. The zero-order valence-corrected chi connectivity index (χ0v) is 9.08. The molecule has 4 nitrogen and oxygen atoms in total. The first kappa shape index (κ1) is 11.5. The molecule has 0 aliphatic carbocycles. The zero-order valence-electron chi connectivity index (χ0n) is 9.08. The highest BCUT2D eigenvalue weighted by Gasteiger charge is 2.28. The van der Waals surface area contributed by atoms with Gasteiger partial charge in [-0.25, -0.2) is 0 Å². The SMILES string of the molecule is CCC1NCN(CCCCOC)C1=O. The first-order valence-corrected chi connectivity index (χ1v) is 5.30. The maximum Gasteiger partial charge on any atom is 0.240 e. The molecule has 1 N–H and O–H groups in total. The summed E-state index contributed by atoms with van der Waals surface area (Å²) in [6.45, 7) is 4.38. The second-order valence-electron chi connectivity index (χ2n) is 3.62. The van der Waals surface area contributed by atoms with Crippen molar-refractivity contribution in [3.8, 4) is 0 Å². The highest BCUT2D eigenvalue weighted by Crippen LogP contribution is 2.07. The monoisotopic (exact) mass is 200 g/mol. The van der Waals surface area contributed by atoms with Crippen LogP contribution in [0.25, 0.3) is 0 Å². The smallest absolute Gasteiger partial charge is 0.240 e. The molecule has 1 aliphatic heterocycles. The van der Waals surface area contributed by atoms with Crippen molar-refractivity contribution in [2.45, 2.75) is 32.2 Å². The Bertz CT molecular complexity index is 185. The third kappa shape index (κ3) is 2.96. The number of rotatable bonds is 6. The van der Waals surface area contributed by atoms with Gasteiger partial charge in [0.05, 0.1) is 12.7 Å². The van der Waals surface area contributed by atoms with Crippen LogP contribution in [-0.2, 0) is 9.53 Å². The predicted molar refractivity (Wildman–Crippen MR) is 54.9 cm³/mol. The van der Waals surface area contributed by atoms with Crippen LogP contribution in [0.4, 0.5) is 0 Å². The van der Waals surface area contributed by atoms with Crippen LogP contribution in [0.15, 0.2) is 0 Å². The van der Waals surface area contributed by atoms with E-state index in [9.17, 15) is 4.79 Å². The Labute approximate surface area is 85.6 Å². The van der Waals surface area contributed by atoms with Gasteiger partial charge in [-0.3, -0.25) is 10.1 Å². The van der Waals surface area contributed by atoms with E-state index in [0.29, 0.717) is 6.67 Å². The fraction of sp³-hybridized carbons (Fsp3) is 0.900. The van der Waals surface area contributed by atoms with Crippen molar-refractivity contribution in [2.24, 2.45) is 0 Å². The summed E-state index contributed by atoms with van der Waals surface area (Å²) in [5.74, 6) is 0.255. The van der Waals surface area contributed by atoms with Gasteiger partial charge in [0.25, 0.3) is 0 Å². The highest BCUT2D eigenvalue weighted by atomic mass is 16.5. The number of carbonyl (C=O) groups is 1. The molecule has 0 aromatic carbocycles. The lowest BCUT2D eigenvalue weighted by molar-refractivity contribution is -0.129. The van der Waals surface area contributed by atoms with Crippen molar-refractivity contribution in [1.29, 1.82) is 0 Å². The number of amides is 1. The first-order valence-electron chi connectivity index (χ1n) is 5.30. The van der Waals surface area contributed by atoms with Crippen molar-refractivity contribution in [2.75, 3.05) is 26.9 Å². The molecule has 1 rings (SSSR count). The summed E-state index contributed by atoms with van der Waals surface area (Å²) in [6.07, 6.45) is 2.93. The fourth-order valence-electron chi connectivity index (χ4n) is 1.66. The van der Waals surface area contributed by atoms with Crippen LogP contribution in [0.5, 0.6) is 0 Å². The van der Waals surface area contributed by atoms with Crippen molar-refractivity contribution < 1.29 is 9.53 Å². The molecule has 0 aromatic rings. The second kappa shape index (κ2) is 5.98. The number of hydrogen-bond donors (Lipinski definition) is 1. The Morgan fingerprint density at radius 1 is 1.57 bits per heavy atom. The van der Waals surface area contributed by atoms with Crippen LogP contribution in [-0.4, -0.2) is 43.8 Å². The minimum atomic E-state index is 0.0532. The molecule has 1 fully saturated rings. The normalized spacial score (nSPS) is 22.0. The van der Waals surface area contributed by atoms with E-state index in [0.717, 1.165) is 32.4 Å². The van der Waals surface area contributed by atoms with E-state index in [1.165, 1.54) is 0 Å². The van der Waals surface area contributed by atoms with E-state index in [1.807, 2.05) is 11.8 Å². The van der Waals surface area contributed by atoms with E-state index in [1.54, 1.807) is 7.11 Å². The van der Waals surface area contributed by atoms with Gasteiger partial charge >= 0.3 is 0 Å². The summed E-state index contributed by atoms with van der Waals surface area (Å²) >= 11 is 0. The van der Waals surface area contributed by atoms with Gasteiger partial charge in [-0.1, -0.05) is 6.92 Å². The lowest BCUT2D eigenvalue weighted by Crippen LogP contribution is -2.30. The number of nitrogens with zero attached hydrogens (tertiary/aromatic N) is 1. The molecule has 1 atom stereocenters. The van der Waals surface area contributed by atoms with Crippen molar-refractivity contribution in [3.63, 3.8) is 0 Å². The minimum Gasteiger partial charge on any atom is -0.385 e. The third-order valence-corrected chi connectivity index (χ3v) is 2.57. The Balaban J connectivity index is 2.16. The molecule has 0 bridgehead atoms. The summed E-state index contributed by atoms with van der Waals surface area (Å²) in [5.41, 5.74) is 0. The molecule has 0 spiro atoms. The van der Waals surface area contributed by atoms with Crippen molar-refractivity contribution in [3.05, 3.63) is 0 Å². The summed E-state index contributed by atoms with van der Waals surface area (Å²) in [4.78, 5) is 13.5. The fourth-order valence-corrected chi connectivity index (χ4v) is 1.66. The van der Waals surface area contributed by atoms with E-state index >= 15 is 0 Å². The summed E-state index contributed by atoms with van der Waals surface area (Å²) < 4.78 is 4.96. The van der Waals surface area contributed by atoms with Crippen LogP contribution >= 0.6 is 0 Å². The van der Waals surface area contributed by atoms with E-state index < -0.39 is 0 Å². The van der Waals surface area contributed by atoms with Gasteiger partial charge < -0.3 is 9.64 Å². The number of unbranched alkanes of at least 4 members (excludes halogenated alkanes) is 1. The molecule has 1 unspecified atom stereocenters. The van der Waals surface area contributed by atoms with Crippen molar-refractivity contribution >= 4 is 5.91 Å². The first-order chi connectivity index (χ1) is 6.79. The lowest BCUT2D eigenvalue weighted by Gasteiger charge is -2.14. The highest BCUT2D eigenvalue weighted by molar-refractivity contribution is 5.83. The number of nitrogens with one attached hydrogen (secondary N) is 1. The van der Waals surface area contributed by atoms with Crippen LogP contribution in [0.1, 0.15) is 26.2 Å². The van der Waals surface area contributed by atoms with Gasteiger partial charge in [-0.2, -0.15) is 0 Å². The average Bonchev–Trinajstić information content (AvgIpc) is 2.55. The zero-order chi connectivity index (χ0) is 10.4. The van der Waals surface area contributed by atoms with E-state index in [-0.39, 0.29) is 11.9 Å². The van der Waals surface area contributed by atoms with Gasteiger partial charge in [-0.15, -0.1) is 0 Å². The summed E-state index contributed by atoms with van der Waals surface area (Å²) in [6, 6.07) is 0.0532. The number of methoxy groups -OCH3 is 1. The molecule has 4 heteroatoms. The van der Waals surface area contributed by atoms with Gasteiger partial charge in [-0.05, 0) is 19.3 Å². The molecular weight excluding hydrogens is 180 g/mol. The molecule has 1 amide bonds. The predicted octanol–water partition coefficient (Wildman–Crippen LogP) is 0.581. The Morgan fingerprint density at radius 2 is 2.36 bits per heavy atom. The van der Waals surface area contributed by atoms with Crippen LogP contribution < -0.4 is 5.32 Å². The lowest BCUT2D eigenvalue weighted by atomic mass is 10.2. The molecule has 1 saturated heterocycles. The maximum absolute atomic E-state index is 11.6. The number of carbonyl (C=O) groups excluding carboxylic acids is 1. The van der Waals surface area contributed by atoms with Crippen LogP contribution in [0, 0.1) is 0 Å². The molecule has 14 heavy (non-hydrogen) atoms. The van der Waals surface area contributed by atoms with E-state index in [4.69, 9.17) is 4.74 Å². The Kier molecular flexibility index (Phi) is 4.90. The number of ether oxygens (including phenoxy) is 1. The number of hydrogen-bond acceptors (Lipinski definition) is 3. The van der Waals surface area contributed by atoms with Crippen LogP contribution in [0.3, 0.4) is 0 Å².